The van der Waals surface area contributed by atoms with E-state index in [0.717, 1.165) is 12.1 Å². The summed E-state index contributed by atoms with van der Waals surface area (Å²) in [6, 6.07) is 2.62. The Morgan fingerprint density at radius 3 is 2.39 bits per heavy atom. The number of benzene rings is 1. The fourth-order valence-corrected chi connectivity index (χ4v) is 0.974. The number of carbonyl (C=O) groups excluding carboxylic acids is 1. The molecule has 0 saturated carbocycles. The van der Waals surface area contributed by atoms with E-state index in [0.29, 0.717) is 13.0 Å². The van der Waals surface area contributed by atoms with Crippen LogP contribution in [0.1, 0.15) is 6.92 Å². The summed E-state index contributed by atoms with van der Waals surface area (Å²) >= 11 is 0. The number of alkyl halides is 3. The Morgan fingerprint density at radius 2 is 1.94 bits per heavy atom. The SMILES string of the molecule is CC(N)(C(=O)Nc1ccc(O)c(F)c1)C(F)(F)F. The van der Waals surface area contributed by atoms with Gasteiger partial charge in [-0.3, -0.25) is 4.79 Å². The molecule has 1 unspecified atom stereocenters. The highest BCUT2D eigenvalue weighted by Gasteiger charge is 2.53. The second-order valence-electron chi connectivity index (χ2n) is 3.82. The number of aromatic hydroxyl groups is 1. The number of amides is 1. The van der Waals surface area contributed by atoms with E-state index in [9.17, 15) is 22.4 Å². The molecule has 4 N–H and O–H groups in total. The Kier molecular flexibility index (Phi) is 3.52. The molecule has 0 saturated heterocycles. The Labute approximate surface area is 99.4 Å². The van der Waals surface area contributed by atoms with Gasteiger partial charge < -0.3 is 16.2 Å². The zero-order valence-electron chi connectivity index (χ0n) is 9.18. The van der Waals surface area contributed by atoms with Crippen LogP contribution in [0.15, 0.2) is 18.2 Å². The van der Waals surface area contributed by atoms with Crippen molar-refractivity contribution in [2.45, 2.75) is 18.6 Å². The fraction of sp³-hybridized carbons (Fsp3) is 0.300. The van der Waals surface area contributed by atoms with Crippen molar-refractivity contribution in [2.24, 2.45) is 5.73 Å². The maximum absolute atomic E-state index is 12.9. The zero-order chi connectivity index (χ0) is 14.1. The molecule has 8 heteroatoms. The maximum Gasteiger partial charge on any atom is 0.415 e. The lowest BCUT2D eigenvalue weighted by Crippen LogP contribution is -2.59. The molecule has 0 aliphatic carbocycles. The predicted octanol–water partition coefficient (Wildman–Crippen LogP) is 1.75. The second kappa shape index (κ2) is 4.45. The van der Waals surface area contributed by atoms with Crippen molar-refractivity contribution < 1.29 is 27.5 Å². The monoisotopic (exact) mass is 266 g/mol. The fourth-order valence-electron chi connectivity index (χ4n) is 0.974. The van der Waals surface area contributed by atoms with Crippen molar-refractivity contribution in [1.82, 2.24) is 0 Å². The number of nitrogens with one attached hydrogen (secondary N) is 1. The van der Waals surface area contributed by atoms with Gasteiger partial charge in [0.2, 0.25) is 0 Å². The molecule has 1 atom stereocenters. The third-order valence-corrected chi connectivity index (χ3v) is 2.27. The molecule has 0 fully saturated rings. The molecule has 1 aromatic carbocycles. The summed E-state index contributed by atoms with van der Waals surface area (Å²) in [6.07, 6.45) is -4.94. The number of halogens is 4. The molecule has 0 aliphatic heterocycles. The Balaban J connectivity index is 2.91. The Bertz CT molecular complexity index is 471. The lowest BCUT2D eigenvalue weighted by Gasteiger charge is -2.26. The highest BCUT2D eigenvalue weighted by atomic mass is 19.4. The van der Waals surface area contributed by atoms with Crippen LogP contribution in [0.5, 0.6) is 5.75 Å². The van der Waals surface area contributed by atoms with E-state index < -0.39 is 29.2 Å². The molecule has 0 spiro atoms. The van der Waals surface area contributed by atoms with Gasteiger partial charge in [-0.1, -0.05) is 0 Å². The lowest BCUT2D eigenvalue weighted by atomic mass is 10.0. The zero-order valence-corrected chi connectivity index (χ0v) is 9.18. The predicted molar refractivity (Wildman–Crippen MR) is 55.3 cm³/mol. The minimum atomic E-state index is -4.94. The third-order valence-electron chi connectivity index (χ3n) is 2.27. The summed E-state index contributed by atoms with van der Waals surface area (Å²) in [7, 11) is 0. The van der Waals surface area contributed by atoms with Crippen LogP contribution in [-0.2, 0) is 4.79 Å². The van der Waals surface area contributed by atoms with Crippen LogP contribution >= 0.6 is 0 Å². The molecule has 18 heavy (non-hydrogen) atoms. The van der Waals surface area contributed by atoms with E-state index in [-0.39, 0.29) is 5.69 Å². The molecule has 100 valence electrons. The maximum atomic E-state index is 12.9. The number of carbonyl (C=O) groups is 1. The van der Waals surface area contributed by atoms with Crippen molar-refractivity contribution in [3.05, 3.63) is 24.0 Å². The summed E-state index contributed by atoms with van der Waals surface area (Å²) in [5, 5.41) is 10.7. The van der Waals surface area contributed by atoms with Crippen LogP contribution in [0.4, 0.5) is 23.2 Å². The molecular weight excluding hydrogens is 256 g/mol. The quantitative estimate of drug-likeness (QED) is 0.564. The summed E-state index contributed by atoms with van der Waals surface area (Å²) < 4.78 is 50.2. The number of anilines is 1. The van der Waals surface area contributed by atoms with E-state index in [4.69, 9.17) is 10.8 Å². The Hall–Kier alpha value is -1.83. The van der Waals surface area contributed by atoms with Gasteiger partial charge in [-0.25, -0.2) is 4.39 Å². The van der Waals surface area contributed by atoms with Gasteiger partial charge in [0.05, 0.1) is 0 Å². The van der Waals surface area contributed by atoms with Crippen LogP contribution in [0.3, 0.4) is 0 Å². The van der Waals surface area contributed by atoms with Gasteiger partial charge in [0, 0.05) is 11.8 Å². The minimum absolute atomic E-state index is 0.240. The highest BCUT2D eigenvalue weighted by molar-refractivity contribution is 5.98. The normalized spacial score (nSPS) is 15.0. The van der Waals surface area contributed by atoms with Crippen LogP contribution in [0, 0.1) is 5.82 Å². The van der Waals surface area contributed by atoms with Gasteiger partial charge >= 0.3 is 6.18 Å². The van der Waals surface area contributed by atoms with E-state index in [2.05, 4.69) is 0 Å². The minimum Gasteiger partial charge on any atom is -0.505 e. The first kappa shape index (κ1) is 14.2. The summed E-state index contributed by atoms with van der Waals surface area (Å²) in [5.74, 6) is -3.28. The third kappa shape index (κ3) is 2.70. The number of phenolic OH excluding ortho intramolecular Hbond substituents is 1. The van der Waals surface area contributed by atoms with Crippen LogP contribution in [0.2, 0.25) is 0 Å². The molecule has 0 aliphatic rings. The summed E-state index contributed by atoms with van der Waals surface area (Å²) in [6.45, 7) is 0.499. The number of nitrogens with two attached hydrogens (primary N) is 1. The van der Waals surface area contributed by atoms with Crippen molar-refractivity contribution in [3.63, 3.8) is 0 Å². The average Bonchev–Trinajstić information content (AvgIpc) is 2.21. The number of rotatable bonds is 2. The standard InChI is InChI=1S/C10H10F4N2O2/c1-9(15,10(12,13)14)8(18)16-5-2-3-7(17)6(11)4-5/h2-4,17H,15H2,1H3,(H,16,18). The lowest BCUT2D eigenvalue weighted by molar-refractivity contribution is -0.184. The number of hydrogen-bond donors (Lipinski definition) is 3. The van der Waals surface area contributed by atoms with Crippen molar-refractivity contribution in [3.8, 4) is 5.75 Å². The summed E-state index contributed by atoms with van der Waals surface area (Å²) in [5.41, 5.74) is 1.54. The molecule has 1 aromatic rings. The molecule has 1 rings (SSSR count). The van der Waals surface area contributed by atoms with Crippen LogP contribution < -0.4 is 11.1 Å². The van der Waals surface area contributed by atoms with Crippen LogP contribution in [0.25, 0.3) is 0 Å². The van der Waals surface area contributed by atoms with Gasteiger partial charge in [0.1, 0.15) is 0 Å². The smallest absolute Gasteiger partial charge is 0.415 e. The molecule has 0 aromatic heterocycles. The van der Waals surface area contributed by atoms with Crippen molar-refractivity contribution in [2.75, 3.05) is 5.32 Å². The van der Waals surface area contributed by atoms with E-state index in [1.807, 2.05) is 5.32 Å². The number of phenols is 1. The second-order valence-corrected chi connectivity index (χ2v) is 3.82. The highest BCUT2D eigenvalue weighted by Crippen LogP contribution is 2.29. The summed E-state index contributed by atoms with van der Waals surface area (Å²) in [4.78, 5) is 11.3. The number of hydrogen-bond acceptors (Lipinski definition) is 3. The molecular formula is C10H10F4N2O2. The molecule has 4 nitrogen and oxygen atoms in total. The average molecular weight is 266 g/mol. The van der Waals surface area contributed by atoms with Gasteiger partial charge in [0.15, 0.2) is 17.1 Å². The van der Waals surface area contributed by atoms with E-state index in [1.165, 1.54) is 0 Å². The van der Waals surface area contributed by atoms with E-state index in [1.54, 1.807) is 0 Å². The first-order chi connectivity index (χ1) is 8.05. The van der Waals surface area contributed by atoms with Gasteiger partial charge in [0.25, 0.3) is 5.91 Å². The van der Waals surface area contributed by atoms with Gasteiger partial charge in [-0.15, -0.1) is 0 Å². The van der Waals surface area contributed by atoms with Crippen molar-refractivity contribution in [1.29, 1.82) is 0 Å². The molecule has 0 radical (unpaired) electrons. The first-order valence-corrected chi connectivity index (χ1v) is 4.71. The van der Waals surface area contributed by atoms with Gasteiger partial charge in [-0.2, -0.15) is 13.2 Å². The molecule has 0 heterocycles. The largest absolute Gasteiger partial charge is 0.505 e. The van der Waals surface area contributed by atoms with Gasteiger partial charge in [-0.05, 0) is 19.1 Å². The molecule has 1 amide bonds. The van der Waals surface area contributed by atoms with Crippen molar-refractivity contribution >= 4 is 11.6 Å². The van der Waals surface area contributed by atoms with Crippen LogP contribution in [-0.4, -0.2) is 22.7 Å². The molecule has 0 bridgehead atoms. The first-order valence-electron chi connectivity index (χ1n) is 4.71. The Morgan fingerprint density at radius 1 is 1.39 bits per heavy atom. The van der Waals surface area contributed by atoms with E-state index >= 15 is 0 Å². The topological polar surface area (TPSA) is 75.4 Å².